The van der Waals surface area contributed by atoms with E-state index in [2.05, 4.69) is 126 Å². The fourth-order valence-corrected chi connectivity index (χ4v) is 2.76. The van der Waals surface area contributed by atoms with Gasteiger partial charge < -0.3 is 0 Å². The summed E-state index contributed by atoms with van der Waals surface area (Å²) in [5, 5.41) is 2.67. The Hall–Kier alpha value is -2.86. The van der Waals surface area contributed by atoms with E-state index in [1.54, 1.807) is 0 Å². The van der Waals surface area contributed by atoms with Crippen LogP contribution in [-0.2, 0) is 0 Å². The molecule has 0 heterocycles. The smallest absolute Gasteiger partial charge is 0 e. The summed E-state index contributed by atoms with van der Waals surface area (Å²) in [7, 11) is 0. The molecule has 0 aliphatic carbocycles. The van der Waals surface area contributed by atoms with Crippen LogP contribution < -0.4 is 0 Å². The van der Waals surface area contributed by atoms with Crippen LogP contribution in [0, 0.1) is 41.5 Å². The molecule has 0 amide bonds. The third-order valence-corrected chi connectivity index (χ3v) is 4.59. The van der Waals surface area contributed by atoms with E-state index < -0.39 is 0 Å². The minimum atomic E-state index is 0. The van der Waals surface area contributed by atoms with Crippen LogP contribution in [0.15, 0.2) is 84.9 Å². The summed E-state index contributed by atoms with van der Waals surface area (Å²) < 4.78 is 0. The molecule has 4 aromatic carbocycles. The summed E-state index contributed by atoms with van der Waals surface area (Å²) in [6, 6.07) is 30.1. The van der Waals surface area contributed by atoms with Gasteiger partial charge in [-0.2, -0.15) is 0 Å². The number of rotatable bonds is 0. The Morgan fingerprint density at radius 2 is 0.536 bits per heavy atom. The first-order valence-electron chi connectivity index (χ1n) is 9.87. The lowest BCUT2D eigenvalue weighted by molar-refractivity contribution is 1.40. The molecule has 0 spiro atoms. The van der Waals surface area contributed by atoms with Gasteiger partial charge in [0.25, 0.3) is 0 Å². The van der Waals surface area contributed by atoms with Crippen LogP contribution in [0.25, 0.3) is 10.8 Å². The highest BCUT2D eigenvalue weighted by Gasteiger charge is 1.92. The maximum absolute atomic E-state index is 2.22. The van der Waals surface area contributed by atoms with Crippen molar-refractivity contribution in [2.45, 2.75) is 41.5 Å². The van der Waals surface area contributed by atoms with Gasteiger partial charge in [0.15, 0.2) is 0 Å². The molecule has 0 bridgehead atoms. The fourth-order valence-electron chi connectivity index (χ4n) is 2.76. The number of hydrogen-bond acceptors (Lipinski definition) is 0. The van der Waals surface area contributed by atoms with Crippen LogP contribution in [0.4, 0.5) is 0 Å². The van der Waals surface area contributed by atoms with Gasteiger partial charge in [0, 0.05) is 1.43 Å². The topological polar surface area (TPSA) is 0 Å². The average molecular weight is 371 g/mol. The molecule has 0 nitrogen and oxygen atoms in total. The monoisotopic (exact) mass is 370 g/mol. The molecule has 0 aromatic heterocycles. The van der Waals surface area contributed by atoms with Gasteiger partial charge in [-0.05, 0) is 52.3 Å². The first kappa shape index (κ1) is 21.4. The highest BCUT2D eigenvalue weighted by atomic mass is 14.0. The molecule has 4 aromatic rings. The van der Waals surface area contributed by atoms with Crippen LogP contribution in [0.2, 0.25) is 0 Å². The van der Waals surface area contributed by atoms with Gasteiger partial charge in [-0.1, -0.05) is 118 Å². The van der Waals surface area contributed by atoms with Gasteiger partial charge in [0.1, 0.15) is 0 Å². The SMILES string of the molecule is Cc1ccc(C)cc1.Cc1ccc(C)cc1.Cc1ccc2cc(C)ccc2c1.[HH]. The van der Waals surface area contributed by atoms with E-state index in [1.165, 1.54) is 44.2 Å². The Labute approximate surface area is 172 Å². The molecule has 28 heavy (non-hydrogen) atoms. The highest BCUT2D eigenvalue weighted by Crippen LogP contribution is 2.16. The molecule has 0 aliphatic heterocycles. The van der Waals surface area contributed by atoms with Crippen molar-refractivity contribution < 1.29 is 1.43 Å². The van der Waals surface area contributed by atoms with Gasteiger partial charge in [-0.25, -0.2) is 0 Å². The minimum absolute atomic E-state index is 0. The first-order chi connectivity index (χ1) is 13.3. The van der Waals surface area contributed by atoms with E-state index in [4.69, 9.17) is 0 Å². The van der Waals surface area contributed by atoms with Crippen LogP contribution in [0.5, 0.6) is 0 Å². The van der Waals surface area contributed by atoms with E-state index >= 15 is 0 Å². The Bertz CT molecular complexity index is 870. The molecule has 0 heteroatoms. The van der Waals surface area contributed by atoms with Gasteiger partial charge in [0.2, 0.25) is 0 Å². The zero-order valence-electron chi connectivity index (χ0n) is 18.1. The predicted octanol–water partition coefficient (Wildman–Crippen LogP) is 8.31. The second-order valence-electron chi connectivity index (χ2n) is 7.66. The number of benzene rings is 4. The van der Waals surface area contributed by atoms with Crippen molar-refractivity contribution in [3.63, 3.8) is 0 Å². The van der Waals surface area contributed by atoms with Gasteiger partial charge in [0.05, 0.1) is 0 Å². The largest absolute Gasteiger partial charge is 0.0591 e. The molecule has 0 unspecified atom stereocenters. The first-order valence-corrected chi connectivity index (χ1v) is 9.87. The molecule has 0 saturated heterocycles. The molecule has 0 saturated carbocycles. The average Bonchev–Trinajstić information content (AvgIpc) is 2.68. The van der Waals surface area contributed by atoms with E-state index in [9.17, 15) is 0 Å². The standard InChI is InChI=1S/C12H12.2C8H10.H2/c1-9-3-5-12-8-10(2)4-6-11(12)7-9;2*1-7-3-5-8(2)6-4-7;/h3-8H,1-2H3;2*3-6H,1-2H3;1H. The van der Waals surface area contributed by atoms with Gasteiger partial charge in [-0.3, -0.25) is 0 Å². The molecule has 0 aliphatic rings. The Balaban J connectivity index is 0.000000221. The Morgan fingerprint density at radius 1 is 0.321 bits per heavy atom. The van der Waals surface area contributed by atoms with Crippen LogP contribution >= 0.6 is 0 Å². The summed E-state index contributed by atoms with van der Waals surface area (Å²) in [6.07, 6.45) is 0. The normalized spacial score (nSPS) is 9.79. The summed E-state index contributed by atoms with van der Waals surface area (Å²) >= 11 is 0. The van der Waals surface area contributed by atoms with Crippen molar-refractivity contribution in [2.24, 2.45) is 0 Å². The van der Waals surface area contributed by atoms with Crippen molar-refractivity contribution >= 4 is 10.8 Å². The lowest BCUT2D eigenvalue weighted by Gasteiger charge is -1.99. The van der Waals surface area contributed by atoms with E-state index in [-0.39, 0.29) is 1.43 Å². The minimum Gasteiger partial charge on any atom is -0.0591 e. The van der Waals surface area contributed by atoms with Crippen LogP contribution in [-0.4, -0.2) is 0 Å². The van der Waals surface area contributed by atoms with Crippen LogP contribution in [0.1, 0.15) is 34.8 Å². The molecule has 146 valence electrons. The second-order valence-corrected chi connectivity index (χ2v) is 7.66. The molecule has 4 rings (SSSR count). The maximum Gasteiger partial charge on any atom is 0 e. The van der Waals surface area contributed by atoms with Gasteiger partial charge >= 0.3 is 0 Å². The summed E-state index contributed by atoms with van der Waals surface area (Å²) in [5.74, 6) is 0. The third-order valence-electron chi connectivity index (χ3n) is 4.59. The third kappa shape index (κ3) is 7.40. The zero-order valence-corrected chi connectivity index (χ0v) is 18.1. The highest BCUT2D eigenvalue weighted by molar-refractivity contribution is 5.83. The van der Waals surface area contributed by atoms with Crippen molar-refractivity contribution in [1.82, 2.24) is 0 Å². The summed E-state index contributed by atoms with van der Waals surface area (Å²) in [6.45, 7) is 12.6. The molecule has 0 N–H and O–H groups in total. The van der Waals surface area contributed by atoms with E-state index in [1.807, 2.05) is 0 Å². The number of hydrogen-bond donors (Lipinski definition) is 0. The second kappa shape index (κ2) is 10.5. The molecule has 0 radical (unpaired) electrons. The summed E-state index contributed by atoms with van der Waals surface area (Å²) in [4.78, 5) is 0. The number of fused-ring (bicyclic) bond motifs is 1. The lowest BCUT2D eigenvalue weighted by Crippen LogP contribution is -1.76. The molecular formula is C28H34. The fraction of sp³-hybridized carbons (Fsp3) is 0.214. The zero-order chi connectivity index (χ0) is 20.5. The number of aryl methyl sites for hydroxylation is 6. The van der Waals surface area contributed by atoms with E-state index in [0.29, 0.717) is 0 Å². The molecular weight excluding hydrogens is 336 g/mol. The van der Waals surface area contributed by atoms with Crippen molar-refractivity contribution in [1.29, 1.82) is 0 Å². The molecule has 0 atom stereocenters. The van der Waals surface area contributed by atoms with Crippen molar-refractivity contribution in [3.05, 3.63) is 118 Å². The quantitative estimate of drug-likeness (QED) is 0.292. The lowest BCUT2D eigenvalue weighted by atomic mass is 10.1. The van der Waals surface area contributed by atoms with E-state index in [0.717, 1.165) is 0 Å². The van der Waals surface area contributed by atoms with Crippen molar-refractivity contribution in [2.75, 3.05) is 0 Å². The van der Waals surface area contributed by atoms with Crippen LogP contribution in [0.3, 0.4) is 0 Å². The summed E-state index contributed by atoms with van der Waals surface area (Å²) in [5.41, 5.74) is 7.97. The predicted molar refractivity (Wildman–Crippen MR) is 127 cm³/mol. The molecule has 0 fully saturated rings. The Morgan fingerprint density at radius 3 is 0.786 bits per heavy atom. The van der Waals surface area contributed by atoms with Crippen molar-refractivity contribution in [3.8, 4) is 0 Å². The maximum atomic E-state index is 2.22. The Kier molecular flexibility index (Phi) is 8.02. The van der Waals surface area contributed by atoms with Gasteiger partial charge in [-0.15, -0.1) is 0 Å².